The molecule has 0 amide bonds. The minimum Gasteiger partial charge on any atom is -0.400 e. The van der Waals surface area contributed by atoms with E-state index in [0.29, 0.717) is 0 Å². The quantitative estimate of drug-likeness (QED) is 0.530. The first-order chi connectivity index (χ1) is 11.9. The van der Waals surface area contributed by atoms with Gasteiger partial charge in [-0.25, -0.2) is 8.42 Å². The average Bonchev–Trinajstić information content (AvgIpc) is 2.55. The van der Waals surface area contributed by atoms with Crippen molar-refractivity contribution in [1.82, 2.24) is 0 Å². The average molecular weight is 419 g/mol. The number of halogens is 3. The summed E-state index contributed by atoms with van der Waals surface area (Å²) in [5.41, 5.74) is 0. The lowest BCUT2D eigenvalue weighted by Crippen LogP contribution is -2.67. The summed E-state index contributed by atoms with van der Waals surface area (Å²) in [5, 5.41) is -3.16. The van der Waals surface area contributed by atoms with E-state index >= 15 is 0 Å². The van der Waals surface area contributed by atoms with Crippen LogP contribution in [0.1, 0.15) is 20.8 Å². The zero-order chi connectivity index (χ0) is 19.6. The fourth-order valence-electron chi connectivity index (χ4n) is 3.02. The molecule has 0 spiro atoms. The maximum Gasteiger partial charge on any atom is 0.381 e. The third kappa shape index (κ3) is 4.01. The Bertz CT molecular complexity index is 798. The summed E-state index contributed by atoms with van der Waals surface area (Å²) in [4.78, 5) is 0. The van der Waals surface area contributed by atoms with Crippen LogP contribution in [-0.2, 0) is 13.5 Å². The Balaban J connectivity index is 2.65. The van der Waals surface area contributed by atoms with Gasteiger partial charge >= 0.3 is 5.25 Å². The van der Waals surface area contributed by atoms with Crippen molar-refractivity contribution in [1.29, 1.82) is 0 Å². The Morgan fingerprint density at radius 3 is 1.62 bits per heavy atom. The smallest absolute Gasteiger partial charge is 0.381 e. The van der Waals surface area contributed by atoms with Crippen LogP contribution in [0.15, 0.2) is 60.7 Å². The first kappa shape index (κ1) is 21.0. The summed E-state index contributed by atoms with van der Waals surface area (Å²) < 4.78 is 56.5. The molecular formula is C18H21ClF2O3SSi. The van der Waals surface area contributed by atoms with E-state index in [-0.39, 0.29) is 0 Å². The molecule has 142 valence electrons. The van der Waals surface area contributed by atoms with Gasteiger partial charge in [0, 0.05) is 10.7 Å². The van der Waals surface area contributed by atoms with Gasteiger partial charge in [-0.3, -0.25) is 0 Å². The molecule has 8 heteroatoms. The van der Waals surface area contributed by atoms with Crippen LogP contribution in [-0.4, -0.2) is 28.6 Å². The summed E-state index contributed by atoms with van der Waals surface area (Å²) in [6, 6.07) is 18.2. The van der Waals surface area contributed by atoms with Gasteiger partial charge in [0.25, 0.3) is 17.4 Å². The highest BCUT2D eigenvalue weighted by atomic mass is 35.7. The Morgan fingerprint density at radius 2 is 1.31 bits per heavy atom. The third-order valence-corrected chi connectivity index (χ3v) is 10.7. The Labute approximate surface area is 158 Å². The molecule has 2 aromatic rings. The molecule has 3 nitrogen and oxygen atoms in total. The van der Waals surface area contributed by atoms with Crippen molar-refractivity contribution in [2.24, 2.45) is 0 Å². The van der Waals surface area contributed by atoms with Crippen molar-refractivity contribution in [3.63, 3.8) is 0 Å². The summed E-state index contributed by atoms with van der Waals surface area (Å²) in [5.74, 6) is 0. The van der Waals surface area contributed by atoms with Crippen molar-refractivity contribution < 1.29 is 21.6 Å². The second-order valence-electron chi connectivity index (χ2n) is 7.03. The third-order valence-electron chi connectivity index (χ3n) is 4.23. The Morgan fingerprint density at radius 1 is 0.923 bits per heavy atom. The predicted molar refractivity (Wildman–Crippen MR) is 103 cm³/mol. The largest absolute Gasteiger partial charge is 0.400 e. The van der Waals surface area contributed by atoms with Crippen LogP contribution < -0.4 is 10.4 Å². The Kier molecular flexibility index (Phi) is 5.97. The molecule has 0 atom stereocenters. The standard InChI is InChI=1S/C18H21ClF2O3SSi/c1-17(2,3)26(15-10-6-4-7-11-15,16-12-8-5-9-13-16)24-14-18(20,21)25(19,22)23/h4-13H,14H2,1-3H3. The van der Waals surface area contributed by atoms with Gasteiger partial charge < -0.3 is 4.43 Å². The van der Waals surface area contributed by atoms with E-state index in [1.165, 1.54) is 0 Å². The topological polar surface area (TPSA) is 43.4 Å². The van der Waals surface area contributed by atoms with Crippen molar-refractivity contribution in [3.8, 4) is 0 Å². The first-order valence-corrected chi connectivity index (χ1v) is 12.2. The molecule has 2 aromatic carbocycles. The zero-order valence-corrected chi connectivity index (χ0v) is 17.3. The van der Waals surface area contributed by atoms with E-state index in [0.717, 1.165) is 10.4 Å². The van der Waals surface area contributed by atoms with Gasteiger partial charge in [-0.1, -0.05) is 81.4 Å². The van der Waals surface area contributed by atoms with Gasteiger partial charge in [0.2, 0.25) is 0 Å². The number of benzene rings is 2. The molecule has 26 heavy (non-hydrogen) atoms. The number of rotatable bonds is 6. The highest BCUT2D eigenvalue weighted by molar-refractivity contribution is 8.14. The van der Waals surface area contributed by atoms with Crippen LogP contribution in [0.4, 0.5) is 8.78 Å². The predicted octanol–water partition coefficient (Wildman–Crippen LogP) is 3.72. The number of hydrogen-bond donors (Lipinski definition) is 0. The van der Waals surface area contributed by atoms with Gasteiger partial charge in [-0.15, -0.1) is 0 Å². The molecule has 0 saturated carbocycles. The first-order valence-electron chi connectivity index (χ1n) is 7.99. The van der Waals surface area contributed by atoms with E-state index in [9.17, 15) is 17.2 Å². The van der Waals surface area contributed by atoms with E-state index in [1.54, 1.807) is 0 Å². The monoisotopic (exact) mass is 418 g/mol. The van der Waals surface area contributed by atoms with Gasteiger partial charge in [0.1, 0.15) is 6.61 Å². The molecule has 0 aromatic heterocycles. The molecular weight excluding hydrogens is 398 g/mol. The van der Waals surface area contributed by atoms with Crippen LogP contribution in [0.3, 0.4) is 0 Å². The molecule has 0 radical (unpaired) electrons. The van der Waals surface area contributed by atoms with Crippen molar-refractivity contribution in [2.45, 2.75) is 31.1 Å². The zero-order valence-electron chi connectivity index (χ0n) is 14.7. The summed E-state index contributed by atoms with van der Waals surface area (Å²) >= 11 is 0. The molecule has 0 unspecified atom stereocenters. The normalized spacial score (nSPS) is 13.6. The lowest BCUT2D eigenvalue weighted by molar-refractivity contribution is 0.0350. The lowest BCUT2D eigenvalue weighted by atomic mass is 10.2. The summed E-state index contributed by atoms with van der Waals surface area (Å²) in [6.07, 6.45) is 0. The van der Waals surface area contributed by atoms with E-state index in [1.807, 2.05) is 81.4 Å². The second kappa shape index (κ2) is 7.38. The number of hydrogen-bond acceptors (Lipinski definition) is 3. The minimum absolute atomic E-state index is 0.540. The van der Waals surface area contributed by atoms with E-state index in [4.69, 9.17) is 15.1 Å². The van der Waals surface area contributed by atoms with Gasteiger partial charge in [-0.2, -0.15) is 8.78 Å². The second-order valence-corrected chi connectivity index (χ2v) is 14.0. The molecule has 0 heterocycles. The van der Waals surface area contributed by atoms with Crippen LogP contribution in [0.2, 0.25) is 5.04 Å². The van der Waals surface area contributed by atoms with Crippen LogP contribution in [0.25, 0.3) is 0 Å². The van der Waals surface area contributed by atoms with E-state index < -0.39 is 34.3 Å². The molecule has 0 aliphatic carbocycles. The fraction of sp³-hybridized carbons (Fsp3) is 0.333. The summed E-state index contributed by atoms with van der Waals surface area (Å²) in [6.45, 7) is 4.43. The number of alkyl halides is 2. The van der Waals surface area contributed by atoms with Crippen LogP contribution >= 0.6 is 10.7 Å². The van der Waals surface area contributed by atoms with Crippen molar-refractivity contribution >= 4 is 38.4 Å². The molecule has 0 aliphatic heterocycles. The van der Waals surface area contributed by atoms with Crippen LogP contribution in [0.5, 0.6) is 0 Å². The summed E-state index contributed by atoms with van der Waals surface area (Å²) in [7, 11) is -3.42. The maximum absolute atomic E-state index is 14.1. The van der Waals surface area contributed by atoms with Gasteiger partial charge in [0.05, 0.1) is 0 Å². The van der Waals surface area contributed by atoms with E-state index in [2.05, 4.69) is 0 Å². The van der Waals surface area contributed by atoms with Crippen molar-refractivity contribution in [2.75, 3.05) is 6.61 Å². The molecule has 2 rings (SSSR count). The molecule has 0 N–H and O–H groups in total. The molecule has 0 bridgehead atoms. The Hall–Kier alpha value is -1.28. The molecule has 0 aliphatic rings. The fourth-order valence-corrected chi connectivity index (χ4v) is 8.02. The highest BCUT2D eigenvalue weighted by Crippen LogP contribution is 2.38. The SMILES string of the molecule is CC(C)(C)[Si](OCC(F)(F)S(=O)(=O)Cl)(c1ccccc1)c1ccccc1. The molecule has 0 fully saturated rings. The maximum atomic E-state index is 14.1. The lowest BCUT2D eigenvalue weighted by Gasteiger charge is -2.43. The van der Waals surface area contributed by atoms with Gasteiger partial charge in [-0.05, 0) is 15.4 Å². The van der Waals surface area contributed by atoms with Crippen LogP contribution in [0, 0.1) is 0 Å². The minimum atomic E-state index is -5.10. The van der Waals surface area contributed by atoms with Crippen molar-refractivity contribution in [3.05, 3.63) is 60.7 Å². The molecule has 0 saturated heterocycles. The highest BCUT2D eigenvalue weighted by Gasteiger charge is 2.54. The van der Waals surface area contributed by atoms with Gasteiger partial charge in [0.15, 0.2) is 0 Å².